The maximum atomic E-state index is 9.75. The monoisotopic (exact) mass is 198 g/mol. The molecule has 2 rings (SSSR count). The van der Waals surface area contributed by atoms with Gasteiger partial charge in [0.15, 0.2) is 0 Å². The Morgan fingerprint density at radius 3 is 2.79 bits per heavy atom. The highest BCUT2D eigenvalue weighted by Gasteiger charge is 2.45. The minimum Gasteiger partial charge on any atom is -0.393 e. The summed E-state index contributed by atoms with van der Waals surface area (Å²) in [5.41, 5.74) is 0.00926. The molecule has 2 nitrogen and oxygen atoms in total. The Labute approximate surface area is 86.6 Å². The van der Waals surface area contributed by atoms with E-state index in [9.17, 15) is 5.11 Å². The molecular weight excluding hydrogens is 176 g/mol. The van der Waals surface area contributed by atoms with Crippen LogP contribution in [0.15, 0.2) is 0 Å². The summed E-state index contributed by atoms with van der Waals surface area (Å²) < 4.78 is 6.00. The molecule has 1 spiro atoms. The molecule has 0 aromatic carbocycles. The minimum absolute atomic E-state index is 0.00926. The van der Waals surface area contributed by atoms with E-state index in [1.54, 1.807) is 0 Å². The van der Waals surface area contributed by atoms with Crippen LogP contribution in [0, 0.1) is 11.8 Å². The Balaban J connectivity index is 2.11. The Morgan fingerprint density at radius 2 is 2.07 bits per heavy atom. The van der Waals surface area contributed by atoms with Gasteiger partial charge in [0.25, 0.3) is 0 Å². The Kier molecular flexibility index (Phi) is 2.85. The molecule has 4 unspecified atom stereocenters. The predicted octanol–water partition coefficient (Wildman–Crippen LogP) is 2.35. The fourth-order valence-corrected chi connectivity index (χ4v) is 3.17. The molecule has 0 radical (unpaired) electrons. The van der Waals surface area contributed by atoms with E-state index < -0.39 is 0 Å². The van der Waals surface area contributed by atoms with Crippen LogP contribution in [0.3, 0.4) is 0 Å². The van der Waals surface area contributed by atoms with Gasteiger partial charge in [0.05, 0.1) is 11.7 Å². The van der Waals surface area contributed by atoms with Gasteiger partial charge in [-0.2, -0.15) is 0 Å². The zero-order chi connectivity index (χ0) is 10.2. The van der Waals surface area contributed by atoms with Crippen molar-refractivity contribution in [1.29, 1.82) is 0 Å². The molecule has 82 valence electrons. The largest absolute Gasteiger partial charge is 0.393 e. The van der Waals surface area contributed by atoms with Crippen LogP contribution in [-0.2, 0) is 4.74 Å². The minimum atomic E-state index is -0.128. The third-order valence-corrected chi connectivity index (χ3v) is 4.36. The highest BCUT2D eigenvalue weighted by Crippen LogP contribution is 2.45. The fraction of sp³-hybridized carbons (Fsp3) is 1.00. The zero-order valence-electron chi connectivity index (χ0n) is 9.33. The Bertz CT molecular complexity index is 198. The number of ether oxygens (including phenoxy) is 1. The lowest BCUT2D eigenvalue weighted by Gasteiger charge is -2.49. The molecule has 14 heavy (non-hydrogen) atoms. The number of aliphatic hydroxyl groups excluding tert-OH is 1. The van der Waals surface area contributed by atoms with Gasteiger partial charge in [-0.25, -0.2) is 0 Å². The highest BCUT2D eigenvalue weighted by atomic mass is 16.5. The van der Waals surface area contributed by atoms with Crippen LogP contribution < -0.4 is 0 Å². The SMILES string of the molecule is CC1CCCC2(CC(O)CCO2)C1C. The van der Waals surface area contributed by atoms with Crippen molar-refractivity contribution in [3.8, 4) is 0 Å². The first-order valence-electron chi connectivity index (χ1n) is 5.96. The summed E-state index contributed by atoms with van der Waals surface area (Å²) in [5, 5.41) is 9.75. The fourth-order valence-electron chi connectivity index (χ4n) is 3.17. The maximum absolute atomic E-state index is 9.75. The number of rotatable bonds is 0. The first-order chi connectivity index (χ1) is 6.64. The molecule has 1 aliphatic heterocycles. The van der Waals surface area contributed by atoms with Crippen molar-refractivity contribution in [2.45, 2.75) is 57.7 Å². The summed E-state index contributed by atoms with van der Waals surface area (Å²) in [6.45, 7) is 5.36. The van der Waals surface area contributed by atoms with Crippen LogP contribution >= 0.6 is 0 Å². The van der Waals surface area contributed by atoms with E-state index in [2.05, 4.69) is 13.8 Å². The molecule has 0 bridgehead atoms. The first kappa shape index (κ1) is 10.4. The van der Waals surface area contributed by atoms with E-state index in [0.717, 1.165) is 31.8 Å². The van der Waals surface area contributed by atoms with Gasteiger partial charge >= 0.3 is 0 Å². The molecule has 0 aromatic rings. The third-order valence-electron chi connectivity index (χ3n) is 4.36. The maximum Gasteiger partial charge on any atom is 0.0735 e. The van der Waals surface area contributed by atoms with Crippen molar-refractivity contribution in [2.24, 2.45) is 11.8 Å². The molecular formula is C12H22O2. The average molecular weight is 198 g/mol. The lowest BCUT2D eigenvalue weighted by atomic mass is 9.67. The second kappa shape index (κ2) is 3.82. The molecule has 0 amide bonds. The summed E-state index contributed by atoms with van der Waals surface area (Å²) in [6, 6.07) is 0. The molecule has 1 heterocycles. The highest BCUT2D eigenvalue weighted by molar-refractivity contribution is 4.96. The molecule has 1 saturated heterocycles. The Morgan fingerprint density at radius 1 is 1.29 bits per heavy atom. The van der Waals surface area contributed by atoms with Crippen LogP contribution in [0.5, 0.6) is 0 Å². The summed E-state index contributed by atoms with van der Waals surface area (Å²) in [4.78, 5) is 0. The predicted molar refractivity (Wildman–Crippen MR) is 56.1 cm³/mol. The quantitative estimate of drug-likeness (QED) is 0.647. The van der Waals surface area contributed by atoms with Crippen molar-refractivity contribution >= 4 is 0 Å². The second-order valence-corrected chi connectivity index (χ2v) is 5.22. The van der Waals surface area contributed by atoms with Crippen LogP contribution in [0.2, 0.25) is 0 Å². The van der Waals surface area contributed by atoms with Gasteiger partial charge in [-0.15, -0.1) is 0 Å². The topological polar surface area (TPSA) is 29.5 Å². The molecule has 1 N–H and O–H groups in total. The molecule has 1 aliphatic carbocycles. The molecule has 2 heteroatoms. The summed E-state index contributed by atoms with van der Waals surface area (Å²) in [6.07, 6.45) is 5.29. The van der Waals surface area contributed by atoms with Crippen molar-refractivity contribution in [2.75, 3.05) is 6.61 Å². The molecule has 1 saturated carbocycles. The molecule has 4 atom stereocenters. The van der Waals surface area contributed by atoms with E-state index in [1.165, 1.54) is 12.8 Å². The number of hydrogen-bond acceptors (Lipinski definition) is 2. The summed E-state index contributed by atoms with van der Waals surface area (Å²) >= 11 is 0. The lowest BCUT2D eigenvalue weighted by Crippen LogP contribution is -2.50. The van der Waals surface area contributed by atoms with E-state index in [-0.39, 0.29) is 11.7 Å². The van der Waals surface area contributed by atoms with E-state index in [1.807, 2.05) is 0 Å². The van der Waals surface area contributed by atoms with Gasteiger partial charge in [0, 0.05) is 13.0 Å². The normalized spacial score (nSPS) is 49.5. The molecule has 0 aromatic heterocycles. The van der Waals surface area contributed by atoms with Crippen LogP contribution in [0.25, 0.3) is 0 Å². The van der Waals surface area contributed by atoms with E-state index in [0.29, 0.717) is 5.92 Å². The zero-order valence-corrected chi connectivity index (χ0v) is 9.33. The van der Waals surface area contributed by atoms with Gasteiger partial charge in [-0.05, 0) is 24.7 Å². The Hall–Kier alpha value is -0.0800. The van der Waals surface area contributed by atoms with Crippen LogP contribution in [0.4, 0.5) is 0 Å². The van der Waals surface area contributed by atoms with Gasteiger partial charge in [-0.3, -0.25) is 0 Å². The van der Waals surface area contributed by atoms with Gasteiger partial charge in [0.1, 0.15) is 0 Å². The van der Waals surface area contributed by atoms with Crippen molar-refractivity contribution in [3.05, 3.63) is 0 Å². The average Bonchev–Trinajstić information content (AvgIpc) is 2.14. The first-order valence-corrected chi connectivity index (χ1v) is 5.96. The van der Waals surface area contributed by atoms with Crippen molar-refractivity contribution in [1.82, 2.24) is 0 Å². The third kappa shape index (κ3) is 1.70. The second-order valence-electron chi connectivity index (χ2n) is 5.22. The number of aliphatic hydroxyl groups is 1. The number of hydrogen-bond donors (Lipinski definition) is 1. The van der Waals surface area contributed by atoms with Crippen molar-refractivity contribution < 1.29 is 9.84 Å². The summed E-state index contributed by atoms with van der Waals surface area (Å²) in [5.74, 6) is 1.35. The van der Waals surface area contributed by atoms with Crippen LogP contribution in [-0.4, -0.2) is 23.4 Å². The summed E-state index contributed by atoms with van der Waals surface area (Å²) in [7, 11) is 0. The van der Waals surface area contributed by atoms with Crippen LogP contribution in [0.1, 0.15) is 46.0 Å². The smallest absolute Gasteiger partial charge is 0.0735 e. The lowest BCUT2D eigenvalue weighted by molar-refractivity contribution is -0.170. The van der Waals surface area contributed by atoms with Gasteiger partial charge < -0.3 is 9.84 Å². The molecule has 2 aliphatic rings. The van der Waals surface area contributed by atoms with E-state index in [4.69, 9.17) is 4.74 Å². The van der Waals surface area contributed by atoms with E-state index >= 15 is 0 Å². The van der Waals surface area contributed by atoms with Crippen molar-refractivity contribution in [3.63, 3.8) is 0 Å². The van der Waals surface area contributed by atoms with Gasteiger partial charge in [-0.1, -0.05) is 26.7 Å². The van der Waals surface area contributed by atoms with Gasteiger partial charge in [0.2, 0.25) is 0 Å². The molecule has 2 fully saturated rings. The standard InChI is InChI=1S/C12H22O2/c1-9-4-3-6-12(10(9)2)8-11(13)5-7-14-12/h9-11,13H,3-8H2,1-2H3.